The summed E-state index contributed by atoms with van der Waals surface area (Å²) in [6.45, 7) is 2.83. The first kappa shape index (κ1) is 20.6. The first-order valence-corrected chi connectivity index (χ1v) is 9.77. The van der Waals surface area contributed by atoms with E-state index in [1.807, 2.05) is 17.8 Å². The monoisotopic (exact) mass is 398 g/mol. The van der Waals surface area contributed by atoms with Crippen molar-refractivity contribution in [3.63, 3.8) is 0 Å². The number of alkyl halides is 3. The highest BCUT2D eigenvalue weighted by molar-refractivity contribution is 7.98. The Hall–Kier alpha value is -1.73. The molecule has 0 aliphatic carbocycles. The molecule has 0 aliphatic rings. The molecule has 0 atom stereocenters. The maximum atomic E-state index is 12.5. The quantitative estimate of drug-likeness (QED) is 0.467. The second-order valence-corrected chi connectivity index (χ2v) is 7.30. The van der Waals surface area contributed by atoms with Gasteiger partial charge in [0.1, 0.15) is 0 Å². The van der Waals surface area contributed by atoms with Crippen molar-refractivity contribution in [3.8, 4) is 0 Å². The molecule has 2 aromatic carbocycles. The van der Waals surface area contributed by atoms with Crippen LogP contribution in [0.1, 0.15) is 23.1 Å². The van der Waals surface area contributed by atoms with Crippen LogP contribution < -0.4 is 10.6 Å². The summed E-state index contributed by atoms with van der Waals surface area (Å²) < 4.78 is 37.6. The number of hydrogen-bond acceptors (Lipinski definition) is 2. The van der Waals surface area contributed by atoms with Gasteiger partial charge in [0.05, 0.1) is 5.56 Å². The highest BCUT2D eigenvalue weighted by atomic mass is 32.2. The van der Waals surface area contributed by atoms with Gasteiger partial charge in [0, 0.05) is 18.0 Å². The second-order valence-electron chi connectivity index (χ2n) is 5.79. The van der Waals surface area contributed by atoms with E-state index in [0.717, 1.165) is 30.1 Å². The van der Waals surface area contributed by atoms with Gasteiger partial charge in [-0.15, -0.1) is 0 Å². The number of thiocarbonyl (C=S) groups is 1. The number of rotatable bonds is 7. The molecule has 2 nitrogen and oxygen atoms in total. The van der Waals surface area contributed by atoms with E-state index in [4.69, 9.17) is 12.2 Å². The molecule has 0 saturated heterocycles. The van der Waals surface area contributed by atoms with Gasteiger partial charge in [0.2, 0.25) is 0 Å². The molecule has 0 bridgehead atoms. The molecule has 0 saturated carbocycles. The van der Waals surface area contributed by atoms with Crippen molar-refractivity contribution in [3.05, 3.63) is 65.2 Å². The molecular formula is C19H21F3N2S2. The molecule has 0 spiro atoms. The van der Waals surface area contributed by atoms with Crippen molar-refractivity contribution in [2.45, 2.75) is 25.3 Å². The summed E-state index contributed by atoms with van der Waals surface area (Å²) in [7, 11) is 0. The average molecular weight is 399 g/mol. The highest BCUT2D eigenvalue weighted by Gasteiger charge is 2.29. The fourth-order valence-electron chi connectivity index (χ4n) is 2.25. The Morgan fingerprint density at radius 1 is 1.08 bits per heavy atom. The van der Waals surface area contributed by atoms with Crippen molar-refractivity contribution in [1.29, 1.82) is 0 Å². The van der Waals surface area contributed by atoms with E-state index in [1.165, 1.54) is 23.3 Å². The summed E-state index contributed by atoms with van der Waals surface area (Å²) in [4.78, 5) is 0. The van der Waals surface area contributed by atoms with Gasteiger partial charge >= 0.3 is 6.18 Å². The molecule has 2 aromatic rings. The number of benzene rings is 2. The van der Waals surface area contributed by atoms with Gasteiger partial charge in [-0.05, 0) is 66.7 Å². The van der Waals surface area contributed by atoms with Crippen molar-refractivity contribution in [2.24, 2.45) is 0 Å². The maximum absolute atomic E-state index is 12.5. The van der Waals surface area contributed by atoms with Gasteiger partial charge in [0.15, 0.2) is 5.11 Å². The number of hydrogen-bond donors (Lipinski definition) is 2. The van der Waals surface area contributed by atoms with E-state index in [0.29, 0.717) is 17.3 Å². The standard InChI is InChI=1S/C19H21F3N2S2/c1-14-5-2-3-6-15(14)13-26-12-4-11-23-18(25)24-17-9-7-16(8-10-17)19(20,21)22/h2-3,5-10H,4,11-13H2,1H3,(H2,23,24,25). The van der Waals surface area contributed by atoms with E-state index in [1.54, 1.807) is 0 Å². The van der Waals surface area contributed by atoms with Gasteiger partial charge in [-0.3, -0.25) is 0 Å². The van der Waals surface area contributed by atoms with Crippen molar-refractivity contribution in [1.82, 2.24) is 5.32 Å². The van der Waals surface area contributed by atoms with E-state index in [9.17, 15) is 13.2 Å². The second kappa shape index (κ2) is 9.83. The third-order valence-corrected chi connectivity index (χ3v) is 5.08. The first-order chi connectivity index (χ1) is 12.4. The van der Waals surface area contributed by atoms with Crippen LogP contribution in [0.25, 0.3) is 0 Å². The molecule has 0 aliphatic heterocycles. The highest BCUT2D eigenvalue weighted by Crippen LogP contribution is 2.29. The molecule has 0 unspecified atom stereocenters. The van der Waals surface area contributed by atoms with E-state index >= 15 is 0 Å². The number of nitrogens with one attached hydrogen (secondary N) is 2. The minimum absolute atomic E-state index is 0.411. The summed E-state index contributed by atoms with van der Waals surface area (Å²) >= 11 is 7.03. The molecule has 0 radical (unpaired) electrons. The molecule has 2 rings (SSSR count). The summed E-state index contributed by atoms with van der Waals surface area (Å²) in [5.74, 6) is 1.99. The van der Waals surface area contributed by atoms with Crippen LogP contribution in [-0.4, -0.2) is 17.4 Å². The predicted octanol–water partition coefficient (Wildman–Crippen LogP) is 5.62. The lowest BCUT2D eigenvalue weighted by molar-refractivity contribution is -0.137. The van der Waals surface area contributed by atoms with Crippen molar-refractivity contribution >= 4 is 34.8 Å². The summed E-state index contributed by atoms with van der Waals surface area (Å²) in [6.07, 6.45) is -3.38. The molecular weight excluding hydrogens is 377 g/mol. The van der Waals surface area contributed by atoms with Gasteiger partial charge < -0.3 is 10.6 Å². The van der Waals surface area contributed by atoms with Crippen molar-refractivity contribution in [2.75, 3.05) is 17.6 Å². The SMILES string of the molecule is Cc1ccccc1CSCCCNC(=S)Nc1ccc(C(F)(F)F)cc1. The minimum Gasteiger partial charge on any atom is -0.362 e. The van der Waals surface area contributed by atoms with Crippen LogP contribution in [0.3, 0.4) is 0 Å². The Morgan fingerprint density at radius 2 is 1.77 bits per heavy atom. The summed E-state index contributed by atoms with van der Waals surface area (Å²) in [5, 5.41) is 6.37. The van der Waals surface area contributed by atoms with Crippen LogP contribution in [0.2, 0.25) is 0 Å². The van der Waals surface area contributed by atoms with Gasteiger partial charge in [-0.1, -0.05) is 24.3 Å². The molecule has 26 heavy (non-hydrogen) atoms. The zero-order valence-corrected chi connectivity index (χ0v) is 16.0. The molecule has 0 aromatic heterocycles. The summed E-state index contributed by atoms with van der Waals surface area (Å²) in [5.41, 5.74) is 2.52. The van der Waals surface area contributed by atoms with E-state index < -0.39 is 11.7 Å². The lowest BCUT2D eigenvalue weighted by Crippen LogP contribution is -2.29. The van der Waals surface area contributed by atoms with Gasteiger partial charge in [-0.25, -0.2) is 0 Å². The Balaban J connectivity index is 1.62. The fourth-order valence-corrected chi connectivity index (χ4v) is 3.50. The van der Waals surface area contributed by atoms with Gasteiger partial charge in [-0.2, -0.15) is 24.9 Å². The molecule has 0 fully saturated rings. The lowest BCUT2D eigenvalue weighted by atomic mass is 10.1. The zero-order valence-electron chi connectivity index (χ0n) is 14.4. The van der Waals surface area contributed by atoms with E-state index in [2.05, 4.69) is 35.8 Å². The van der Waals surface area contributed by atoms with Crippen LogP contribution in [0, 0.1) is 6.92 Å². The third-order valence-electron chi connectivity index (χ3n) is 3.74. The Morgan fingerprint density at radius 3 is 2.42 bits per heavy atom. The van der Waals surface area contributed by atoms with Crippen LogP contribution >= 0.6 is 24.0 Å². The Bertz CT molecular complexity index is 715. The van der Waals surface area contributed by atoms with Crippen LogP contribution in [0.4, 0.5) is 18.9 Å². The van der Waals surface area contributed by atoms with Crippen LogP contribution in [0.5, 0.6) is 0 Å². The third kappa shape index (κ3) is 6.88. The fraction of sp³-hybridized carbons (Fsp3) is 0.316. The number of anilines is 1. The number of halogens is 3. The summed E-state index contributed by atoms with van der Waals surface area (Å²) in [6, 6.07) is 13.2. The van der Waals surface area contributed by atoms with E-state index in [-0.39, 0.29) is 0 Å². The predicted molar refractivity (Wildman–Crippen MR) is 108 cm³/mol. The Kier molecular flexibility index (Phi) is 7.78. The molecule has 140 valence electrons. The molecule has 0 heterocycles. The number of thioether (sulfide) groups is 1. The lowest BCUT2D eigenvalue weighted by Gasteiger charge is -2.12. The van der Waals surface area contributed by atoms with Crippen molar-refractivity contribution < 1.29 is 13.2 Å². The van der Waals surface area contributed by atoms with Crippen LogP contribution in [0.15, 0.2) is 48.5 Å². The zero-order chi connectivity index (χ0) is 19.0. The topological polar surface area (TPSA) is 24.1 Å². The molecule has 0 amide bonds. The first-order valence-electron chi connectivity index (χ1n) is 8.20. The molecule has 7 heteroatoms. The molecule has 2 N–H and O–H groups in total. The Labute approximate surface area is 161 Å². The number of aryl methyl sites for hydroxylation is 1. The maximum Gasteiger partial charge on any atom is 0.416 e. The smallest absolute Gasteiger partial charge is 0.362 e. The minimum atomic E-state index is -4.33. The van der Waals surface area contributed by atoms with Crippen LogP contribution in [-0.2, 0) is 11.9 Å². The normalized spacial score (nSPS) is 11.2. The largest absolute Gasteiger partial charge is 0.416 e. The van der Waals surface area contributed by atoms with Gasteiger partial charge in [0.25, 0.3) is 0 Å². The average Bonchev–Trinajstić information content (AvgIpc) is 2.59.